The van der Waals surface area contributed by atoms with Crippen molar-refractivity contribution in [3.63, 3.8) is 0 Å². The summed E-state index contributed by atoms with van der Waals surface area (Å²) >= 11 is 0.981. The second-order valence-electron chi connectivity index (χ2n) is 7.59. The van der Waals surface area contributed by atoms with Gasteiger partial charge in [-0.15, -0.1) is 0 Å². The molecule has 1 heterocycles. The van der Waals surface area contributed by atoms with Crippen LogP contribution in [0.2, 0.25) is 0 Å². The number of amides is 1. The van der Waals surface area contributed by atoms with E-state index < -0.39 is 9.84 Å². The molecule has 1 N–H and O–H groups in total. The molecule has 0 spiro atoms. The van der Waals surface area contributed by atoms with Crippen LogP contribution in [0, 0.1) is 6.92 Å². The second-order valence-corrected chi connectivity index (χ2v) is 10.4. The third-order valence-electron chi connectivity index (χ3n) is 4.96. The molecular formula is C26H24N2O5S2. The molecule has 180 valence electrons. The fraction of sp³-hybridized carbons (Fsp3) is 0.154. The van der Waals surface area contributed by atoms with Gasteiger partial charge in [0, 0.05) is 11.3 Å². The summed E-state index contributed by atoms with van der Waals surface area (Å²) in [6.07, 6.45) is 0. The van der Waals surface area contributed by atoms with Gasteiger partial charge in [-0.25, -0.2) is 8.42 Å². The van der Waals surface area contributed by atoms with Crippen LogP contribution in [0.25, 0.3) is 11.5 Å². The number of carbonyl (C=O) groups excluding carboxylic acids is 1. The number of rotatable bonds is 9. The first-order valence-corrected chi connectivity index (χ1v) is 13.4. The summed E-state index contributed by atoms with van der Waals surface area (Å²) in [5, 5.41) is 2.64. The van der Waals surface area contributed by atoms with Crippen molar-refractivity contribution in [2.24, 2.45) is 0 Å². The third-order valence-corrected chi connectivity index (χ3v) is 7.71. The Morgan fingerprint density at radius 1 is 1.00 bits per heavy atom. The molecule has 3 aromatic carbocycles. The Kier molecular flexibility index (Phi) is 7.57. The lowest BCUT2D eigenvalue weighted by Crippen LogP contribution is -2.14. The standard InChI is InChI=1S/C26H24N2O5S2/c1-3-32-21-13-11-20(12-14-21)27-23(29)17-34-26-25(28-24(33-26)19-7-5-4-6-8-19)35(30,31)22-15-9-18(2)10-16-22/h4-16H,3,17H2,1-2H3,(H,27,29). The number of hydrogen-bond acceptors (Lipinski definition) is 7. The Morgan fingerprint density at radius 2 is 1.69 bits per heavy atom. The monoisotopic (exact) mass is 508 g/mol. The van der Waals surface area contributed by atoms with Crippen molar-refractivity contribution in [1.29, 1.82) is 0 Å². The molecule has 0 fully saturated rings. The topological polar surface area (TPSA) is 98.5 Å². The Hall–Kier alpha value is -3.56. The normalized spacial score (nSPS) is 11.3. The third kappa shape index (κ3) is 5.93. The number of benzene rings is 3. The van der Waals surface area contributed by atoms with Gasteiger partial charge in [-0.3, -0.25) is 4.79 Å². The lowest BCUT2D eigenvalue weighted by Gasteiger charge is -2.07. The van der Waals surface area contributed by atoms with Crippen molar-refractivity contribution in [2.75, 3.05) is 17.7 Å². The molecule has 1 amide bonds. The minimum Gasteiger partial charge on any atom is -0.494 e. The van der Waals surface area contributed by atoms with Crippen molar-refractivity contribution in [1.82, 2.24) is 4.98 Å². The maximum Gasteiger partial charge on any atom is 0.234 e. The van der Waals surface area contributed by atoms with Crippen LogP contribution in [-0.2, 0) is 14.6 Å². The summed E-state index contributed by atoms with van der Waals surface area (Å²) in [6.45, 7) is 4.33. The Morgan fingerprint density at radius 3 is 2.34 bits per heavy atom. The molecule has 4 aromatic rings. The molecule has 7 nitrogen and oxygen atoms in total. The number of hydrogen-bond donors (Lipinski definition) is 1. The van der Waals surface area contributed by atoms with Crippen LogP contribution in [0.5, 0.6) is 5.75 Å². The number of ether oxygens (including phenoxy) is 1. The van der Waals surface area contributed by atoms with E-state index in [4.69, 9.17) is 9.15 Å². The van der Waals surface area contributed by atoms with Gasteiger partial charge in [-0.05, 0) is 62.4 Å². The zero-order valence-corrected chi connectivity index (χ0v) is 20.9. The number of nitrogens with one attached hydrogen (secondary N) is 1. The van der Waals surface area contributed by atoms with Crippen molar-refractivity contribution >= 4 is 33.2 Å². The predicted molar refractivity (Wildman–Crippen MR) is 136 cm³/mol. The summed E-state index contributed by atoms with van der Waals surface area (Å²) in [6, 6.07) is 22.6. The van der Waals surface area contributed by atoms with E-state index >= 15 is 0 Å². The smallest absolute Gasteiger partial charge is 0.234 e. The molecule has 4 rings (SSSR count). The van der Waals surface area contributed by atoms with Gasteiger partial charge in [-0.1, -0.05) is 47.7 Å². The minimum absolute atomic E-state index is 0.0614. The first-order chi connectivity index (χ1) is 16.9. The number of carbonyl (C=O) groups is 1. The number of thioether (sulfide) groups is 1. The van der Waals surface area contributed by atoms with Gasteiger partial charge in [0.05, 0.1) is 17.3 Å². The van der Waals surface area contributed by atoms with Crippen LogP contribution in [0.4, 0.5) is 5.69 Å². The van der Waals surface area contributed by atoms with Gasteiger partial charge in [0.25, 0.3) is 0 Å². The van der Waals surface area contributed by atoms with Crippen LogP contribution in [0.15, 0.2) is 98.3 Å². The molecule has 1 aromatic heterocycles. The molecule has 0 aliphatic carbocycles. The Bertz CT molecular complexity index is 1400. The molecule has 0 bridgehead atoms. The van der Waals surface area contributed by atoms with Gasteiger partial charge >= 0.3 is 0 Å². The highest BCUT2D eigenvalue weighted by atomic mass is 32.2. The summed E-state index contributed by atoms with van der Waals surface area (Å²) in [4.78, 5) is 17.0. The SMILES string of the molecule is CCOc1ccc(NC(=O)CSc2oc(-c3ccccc3)nc2S(=O)(=O)c2ccc(C)cc2)cc1. The fourth-order valence-electron chi connectivity index (χ4n) is 3.22. The molecule has 0 radical (unpaired) electrons. The largest absolute Gasteiger partial charge is 0.494 e. The van der Waals surface area contributed by atoms with Crippen molar-refractivity contribution in [3.05, 3.63) is 84.4 Å². The van der Waals surface area contributed by atoms with E-state index in [2.05, 4.69) is 10.3 Å². The molecule has 35 heavy (non-hydrogen) atoms. The molecule has 9 heteroatoms. The zero-order chi connectivity index (χ0) is 24.8. The molecule has 0 saturated carbocycles. The maximum atomic E-state index is 13.4. The highest BCUT2D eigenvalue weighted by Gasteiger charge is 2.29. The lowest BCUT2D eigenvalue weighted by molar-refractivity contribution is -0.113. The molecule has 0 atom stereocenters. The van der Waals surface area contributed by atoms with Gasteiger partial charge in [0.1, 0.15) is 5.75 Å². The molecular weight excluding hydrogens is 484 g/mol. The molecule has 0 aliphatic rings. The van der Waals surface area contributed by atoms with Crippen LogP contribution in [0.1, 0.15) is 12.5 Å². The Labute approximate surface area is 208 Å². The van der Waals surface area contributed by atoms with Gasteiger partial charge in [-0.2, -0.15) is 4.98 Å². The lowest BCUT2D eigenvalue weighted by atomic mass is 10.2. The van der Waals surface area contributed by atoms with Crippen LogP contribution in [0.3, 0.4) is 0 Å². The highest BCUT2D eigenvalue weighted by molar-refractivity contribution is 8.00. The van der Waals surface area contributed by atoms with E-state index in [-0.39, 0.29) is 32.6 Å². The molecule has 0 aliphatic heterocycles. The second kappa shape index (κ2) is 10.8. The summed E-state index contributed by atoms with van der Waals surface area (Å²) < 4.78 is 38.0. The first-order valence-electron chi connectivity index (χ1n) is 10.9. The zero-order valence-electron chi connectivity index (χ0n) is 19.2. The molecule has 0 saturated heterocycles. The summed E-state index contributed by atoms with van der Waals surface area (Å²) in [5.74, 6) is 0.509. The number of nitrogens with zero attached hydrogens (tertiary/aromatic N) is 1. The minimum atomic E-state index is -3.96. The van der Waals surface area contributed by atoms with Gasteiger partial charge in [0.2, 0.25) is 31.8 Å². The fourth-order valence-corrected chi connectivity index (χ4v) is 5.54. The van der Waals surface area contributed by atoms with Gasteiger partial charge < -0.3 is 14.5 Å². The predicted octanol–water partition coefficient (Wildman–Crippen LogP) is 5.61. The molecule has 0 unspecified atom stereocenters. The van der Waals surface area contributed by atoms with Gasteiger partial charge in [0.15, 0.2) is 0 Å². The average Bonchev–Trinajstić information content (AvgIpc) is 3.30. The van der Waals surface area contributed by atoms with Crippen LogP contribution < -0.4 is 10.1 Å². The number of oxazole rings is 1. The van der Waals surface area contributed by atoms with E-state index in [1.807, 2.05) is 32.0 Å². The van der Waals surface area contributed by atoms with Crippen LogP contribution in [-0.4, -0.2) is 31.7 Å². The van der Waals surface area contributed by atoms with E-state index in [9.17, 15) is 13.2 Å². The Balaban J connectivity index is 1.57. The number of anilines is 1. The maximum absolute atomic E-state index is 13.4. The van der Waals surface area contributed by atoms with Crippen molar-refractivity contribution < 1.29 is 22.4 Å². The van der Waals surface area contributed by atoms with Crippen molar-refractivity contribution in [2.45, 2.75) is 28.9 Å². The van der Waals surface area contributed by atoms with Crippen molar-refractivity contribution in [3.8, 4) is 17.2 Å². The number of sulfone groups is 1. The van der Waals surface area contributed by atoms with E-state index in [0.717, 1.165) is 17.3 Å². The van der Waals surface area contributed by atoms with E-state index in [0.29, 0.717) is 23.6 Å². The quantitative estimate of drug-likeness (QED) is 0.293. The summed E-state index contributed by atoms with van der Waals surface area (Å²) in [7, 11) is -3.96. The van der Waals surface area contributed by atoms with E-state index in [1.165, 1.54) is 12.1 Å². The average molecular weight is 509 g/mol. The number of aromatic nitrogens is 1. The summed E-state index contributed by atoms with van der Waals surface area (Å²) in [5.41, 5.74) is 2.18. The highest BCUT2D eigenvalue weighted by Crippen LogP contribution is 2.35. The van der Waals surface area contributed by atoms with Crippen LogP contribution >= 0.6 is 11.8 Å². The number of aryl methyl sites for hydroxylation is 1. The van der Waals surface area contributed by atoms with E-state index in [1.54, 1.807) is 48.5 Å². The first kappa shape index (κ1) is 24.6.